The van der Waals surface area contributed by atoms with Crippen LogP contribution in [-0.2, 0) is 5.41 Å². The molecule has 3 aromatic rings. The molecule has 4 rings (SSSR count). The van der Waals surface area contributed by atoms with E-state index in [0.717, 1.165) is 25.7 Å². The molecule has 0 heteroatoms. The maximum Gasteiger partial charge on any atom is 0.0547 e. The van der Waals surface area contributed by atoms with Crippen molar-refractivity contribution in [1.82, 2.24) is 0 Å². The summed E-state index contributed by atoms with van der Waals surface area (Å²) in [6.45, 7) is 9.35. The molecule has 1 aliphatic carbocycles. The lowest BCUT2D eigenvalue weighted by molar-refractivity contribution is 0.197. The quantitative estimate of drug-likeness (QED) is 0.279. The van der Waals surface area contributed by atoms with Crippen LogP contribution < -0.4 is 0 Å². The molecule has 0 saturated heterocycles. The zero-order valence-electron chi connectivity index (χ0n) is 21.9. The van der Waals surface area contributed by atoms with E-state index in [2.05, 4.69) is 149 Å². The van der Waals surface area contributed by atoms with E-state index in [4.69, 9.17) is 0 Å². The highest BCUT2D eigenvalue weighted by atomic mass is 14.6. The van der Waals surface area contributed by atoms with Gasteiger partial charge in [-0.15, -0.1) is 0 Å². The zero-order chi connectivity index (χ0) is 24.8. The average molecular weight is 461 g/mol. The standard InChI is InChI=1S/C35H40/c1-5-25-34(26-6-2,32-24-16-17-27-33(3,4)28-32)35(29-18-10-7-11-19-29,30-20-12-8-13-21-30)31-22-14-9-15-23-31/h7-24,27-28H,5-6,25-26H2,1-4H3. The lowest BCUT2D eigenvalue weighted by Gasteiger charge is -2.54. The van der Waals surface area contributed by atoms with E-state index >= 15 is 0 Å². The van der Waals surface area contributed by atoms with E-state index in [-0.39, 0.29) is 16.2 Å². The van der Waals surface area contributed by atoms with Gasteiger partial charge in [-0.1, -0.05) is 162 Å². The first-order chi connectivity index (χ1) is 17.0. The molecule has 3 aromatic carbocycles. The number of rotatable bonds is 9. The minimum atomic E-state index is -0.334. The summed E-state index contributed by atoms with van der Waals surface area (Å²) in [5.74, 6) is 0. The van der Waals surface area contributed by atoms with Gasteiger partial charge in [0.2, 0.25) is 0 Å². The molecule has 0 fully saturated rings. The van der Waals surface area contributed by atoms with E-state index in [0.29, 0.717) is 0 Å². The van der Waals surface area contributed by atoms with Crippen molar-refractivity contribution >= 4 is 0 Å². The highest BCUT2D eigenvalue weighted by molar-refractivity contribution is 5.57. The van der Waals surface area contributed by atoms with Crippen LogP contribution in [0.15, 0.2) is 127 Å². The second-order valence-electron chi connectivity index (χ2n) is 10.6. The van der Waals surface area contributed by atoms with Crippen molar-refractivity contribution in [3.8, 4) is 0 Å². The van der Waals surface area contributed by atoms with Crippen molar-refractivity contribution < 1.29 is 0 Å². The molecule has 0 spiro atoms. The second kappa shape index (κ2) is 10.6. The van der Waals surface area contributed by atoms with E-state index in [9.17, 15) is 0 Å². The summed E-state index contributed by atoms with van der Waals surface area (Å²) in [5, 5.41) is 0. The SMILES string of the molecule is CCCC(CCC)(C1=CC(C)(C)C=CC=C1)C(c1ccccc1)(c1ccccc1)c1ccccc1. The molecular weight excluding hydrogens is 420 g/mol. The molecule has 0 N–H and O–H groups in total. The van der Waals surface area contributed by atoms with Crippen LogP contribution in [0.3, 0.4) is 0 Å². The number of benzene rings is 3. The normalized spacial score (nSPS) is 15.5. The lowest BCUT2D eigenvalue weighted by Crippen LogP contribution is -2.49. The van der Waals surface area contributed by atoms with Crippen LogP contribution in [0.1, 0.15) is 70.1 Å². The minimum Gasteiger partial charge on any atom is -0.0751 e. The predicted octanol–water partition coefficient (Wildman–Crippen LogP) is 9.69. The molecule has 0 heterocycles. The Labute approximate surface area is 213 Å². The molecular formula is C35H40. The van der Waals surface area contributed by atoms with Crippen LogP contribution in [-0.4, -0.2) is 0 Å². The van der Waals surface area contributed by atoms with Crippen LogP contribution in [0.5, 0.6) is 0 Å². The average Bonchev–Trinajstić information content (AvgIpc) is 3.07. The van der Waals surface area contributed by atoms with Crippen molar-refractivity contribution in [2.24, 2.45) is 10.8 Å². The van der Waals surface area contributed by atoms with Crippen LogP contribution in [0.4, 0.5) is 0 Å². The highest BCUT2D eigenvalue weighted by Gasteiger charge is 2.55. The van der Waals surface area contributed by atoms with Crippen molar-refractivity contribution in [1.29, 1.82) is 0 Å². The summed E-state index contributed by atoms with van der Waals surface area (Å²) < 4.78 is 0. The van der Waals surface area contributed by atoms with Gasteiger partial charge >= 0.3 is 0 Å². The first-order valence-electron chi connectivity index (χ1n) is 13.3. The van der Waals surface area contributed by atoms with Gasteiger partial charge in [-0.05, 0) is 35.1 Å². The zero-order valence-corrected chi connectivity index (χ0v) is 21.9. The lowest BCUT2D eigenvalue weighted by atomic mass is 9.48. The molecule has 0 bridgehead atoms. The number of allylic oxidation sites excluding steroid dienone is 6. The van der Waals surface area contributed by atoms with Crippen molar-refractivity contribution in [3.05, 3.63) is 144 Å². The minimum absolute atomic E-state index is 0.0125. The Hall–Kier alpha value is -3.12. The molecule has 0 radical (unpaired) electrons. The van der Waals surface area contributed by atoms with E-state index in [1.807, 2.05) is 0 Å². The van der Waals surface area contributed by atoms with E-state index < -0.39 is 0 Å². The smallest absolute Gasteiger partial charge is 0.0547 e. The summed E-state index contributed by atoms with van der Waals surface area (Å²) in [5.41, 5.74) is 5.07. The number of hydrogen-bond donors (Lipinski definition) is 0. The Morgan fingerprint density at radius 1 is 0.600 bits per heavy atom. The van der Waals surface area contributed by atoms with Crippen LogP contribution in [0.2, 0.25) is 0 Å². The molecule has 180 valence electrons. The fraction of sp³-hybridized carbons (Fsp3) is 0.314. The Morgan fingerprint density at radius 2 is 1.03 bits per heavy atom. The number of hydrogen-bond acceptors (Lipinski definition) is 0. The summed E-state index contributed by atoms with van der Waals surface area (Å²) >= 11 is 0. The fourth-order valence-corrected chi connectivity index (χ4v) is 6.51. The highest BCUT2D eigenvalue weighted by Crippen LogP contribution is 2.61. The van der Waals surface area contributed by atoms with Gasteiger partial charge in [-0.3, -0.25) is 0 Å². The molecule has 0 saturated carbocycles. The van der Waals surface area contributed by atoms with Gasteiger partial charge in [0.15, 0.2) is 0 Å². The molecule has 0 nitrogen and oxygen atoms in total. The van der Waals surface area contributed by atoms with Crippen molar-refractivity contribution in [2.45, 2.75) is 58.8 Å². The Morgan fingerprint density at radius 3 is 1.43 bits per heavy atom. The topological polar surface area (TPSA) is 0 Å². The van der Waals surface area contributed by atoms with Gasteiger partial charge in [0.25, 0.3) is 0 Å². The Kier molecular flexibility index (Phi) is 7.60. The van der Waals surface area contributed by atoms with Crippen molar-refractivity contribution in [3.63, 3.8) is 0 Å². The Balaban J connectivity index is 2.22. The van der Waals surface area contributed by atoms with Gasteiger partial charge in [-0.25, -0.2) is 0 Å². The van der Waals surface area contributed by atoms with E-state index in [1.54, 1.807) is 0 Å². The summed E-state index contributed by atoms with van der Waals surface area (Å²) in [4.78, 5) is 0. The second-order valence-corrected chi connectivity index (χ2v) is 10.6. The summed E-state index contributed by atoms with van der Waals surface area (Å²) in [6, 6.07) is 33.8. The van der Waals surface area contributed by atoms with Crippen LogP contribution in [0, 0.1) is 10.8 Å². The van der Waals surface area contributed by atoms with Gasteiger partial charge < -0.3 is 0 Å². The molecule has 0 aromatic heterocycles. The molecule has 0 atom stereocenters. The molecule has 0 aliphatic heterocycles. The van der Waals surface area contributed by atoms with Gasteiger partial charge in [0.1, 0.15) is 0 Å². The maximum atomic E-state index is 2.54. The molecule has 35 heavy (non-hydrogen) atoms. The first kappa shape index (κ1) is 25.0. The van der Waals surface area contributed by atoms with Crippen LogP contribution in [0.25, 0.3) is 0 Å². The van der Waals surface area contributed by atoms with Crippen molar-refractivity contribution in [2.75, 3.05) is 0 Å². The Bertz CT molecular complexity index is 1060. The first-order valence-corrected chi connectivity index (χ1v) is 13.3. The maximum absolute atomic E-state index is 2.54. The third kappa shape index (κ3) is 4.59. The third-order valence-corrected chi connectivity index (χ3v) is 7.68. The molecule has 1 aliphatic rings. The fourth-order valence-electron chi connectivity index (χ4n) is 6.51. The third-order valence-electron chi connectivity index (χ3n) is 7.68. The largest absolute Gasteiger partial charge is 0.0751 e. The summed E-state index contributed by atoms with van der Waals surface area (Å²) in [6.07, 6.45) is 16.2. The molecule has 0 unspecified atom stereocenters. The van der Waals surface area contributed by atoms with Gasteiger partial charge in [0, 0.05) is 10.8 Å². The van der Waals surface area contributed by atoms with Gasteiger partial charge in [0.05, 0.1) is 5.41 Å². The van der Waals surface area contributed by atoms with Crippen LogP contribution >= 0.6 is 0 Å². The summed E-state index contributed by atoms with van der Waals surface area (Å²) in [7, 11) is 0. The monoisotopic (exact) mass is 460 g/mol. The van der Waals surface area contributed by atoms with E-state index in [1.165, 1.54) is 22.3 Å². The van der Waals surface area contributed by atoms with Gasteiger partial charge in [-0.2, -0.15) is 0 Å². The molecule has 0 amide bonds. The predicted molar refractivity (Wildman–Crippen MR) is 152 cm³/mol.